The molecule has 0 radical (unpaired) electrons. The molecule has 1 aliphatic rings. The summed E-state index contributed by atoms with van der Waals surface area (Å²) in [6.45, 7) is 4.44. The van der Waals surface area contributed by atoms with Gasteiger partial charge in [0, 0.05) is 26.2 Å². The van der Waals surface area contributed by atoms with Crippen molar-refractivity contribution in [2.75, 3.05) is 37.7 Å². The average molecular weight is 279 g/mol. The van der Waals surface area contributed by atoms with Crippen LogP contribution in [-0.4, -0.2) is 59.7 Å². The summed E-state index contributed by atoms with van der Waals surface area (Å²) >= 11 is 0. The van der Waals surface area contributed by atoms with E-state index >= 15 is 0 Å². The van der Waals surface area contributed by atoms with Crippen molar-refractivity contribution in [2.24, 2.45) is 5.73 Å². The Morgan fingerprint density at radius 2 is 2.00 bits per heavy atom. The van der Waals surface area contributed by atoms with Gasteiger partial charge in [0.2, 0.25) is 0 Å². The SMILES string of the molecule is CCOC(=O)N1CCN(c2cncc(C(N)=O)n2)CC1. The van der Waals surface area contributed by atoms with Gasteiger partial charge in [-0.3, -0.25) is 9.78 Å². The number of anilines is 1. The largest absolute Gasteiger partial charge is 0.450 e. The first-order valence-corrected chi connectivity index (χ1v) is 6.40. The highest BCUT2D eigenvalue weighted by Crippen LogP contribution is 2.13. The van der Waals surface area contributed by atoms with Gasteiger partial charge in [-0.15, -0.1) is 0 Å². The zero-order chi connectivity index (χ0) is 14.5. The van der Waals surface area contributed by atoms with Crippen molar-refractivity contribution < 1.29 is 14.3 Å². The maximum atomic E-state index is 11.6. The second kappa shape index (κ2) is 6.18. The summed E-state index contributed by atoms with van der Waals surface area (Å²) in [4.78, 5) is 34.4. The Hall–Kier alpha value is -2.38. The summed E-state index contributed by atoms with van der Waals surface area (Å²) in [5.74, 6) is -0.0191. The van der Waals surface area contributed by atoms with E-state index in [1.807, 2.05) is 4.90 Å². The number of hydrogen-bond donors (Lipinski definition) is 1. The molecule has 1 saturated heterocycles. The van der Waals surface area contributed by atoms with E-state index in [0.717, 1.165) is 0 Å². The van der Waals surface area contributed by atoms with Crippen LogP contribution in [-0.2, 0) is 4.74 Å². The fourth-order valence-corrected chi connectivity index (χ4v) is 1.96. The Balaban J connectivity index is 1.98. The van der Waals surface area contributed by atoms with Crippen LogP contribution >= 0.6 is 0 Å². The maximum Gasteiger partial charge on any atom is 0.409 e. The van der Waals surface area contributed by atoms with Gasteiger partial charge in [0.1, 0.15) is 11.5 Å². The van der Waals surface area contributed by atoms with Gasteiger partial charge in [0.05, 0.1) is 19.0 Å². The lowest BCUT2D eigenvalue weighted by molar-refractivity contribution is 0.0995. The van der Waals surface area contributed by atoms with Gasteiger partial charge in [-0.05, 0) is 6.92 Å². The first kappa shape index (κ1) is 14.0. The summed E-state index contributed by atoms with van der Waals surface area (Å²) in [5, 5.41) is 0. The first-order valence-electron chi connectivity index (χ1n) is 6.40. The molecule has 8 nitrogen and oxygen atoms in total. The quantitative estimate of drug-likeness (QED) is 0.826. The first-order chi connectivity index (χ1) is 9.61. The lowest BCUT2D eigenvalue weighted by Gasteiger charge is -2.34. The third-order valence-corrected chi connectivity index (χ3v) is 3.00. The van der Waals surface area contributed by atoms with Crippen molar-refractivity contribution in [3.63, 3.8) is 0 Å². The van der Waals surface area contributed by atoms with E-state index < -0.39 is 5.91 Å². The predicted molar refractivity (Wildman–Crippen MR) is 71.4 cm³/mol. The molecule has 108 valence electrons. The molecule has 0 spiro atoms. The average Bonchev–Trinajstić information content (AvgIpc) is 2.48. The fraction of sp³-hybridized carbons (Fsp3) is 0.500. The number of amides is 2. The summed E-state index contributed by atoms with van der Waals surface area (Å²) < 4.78 is 4.95. The molecule has 1 fully saturated rings. The Bertz CT molecular complexity index is 500. The van der Waals surface area contributed by atoms with Gasteiger partial charge in [-0.25, -0.2) is 9.78 Å². The van der Waals surface area contributed by atoms with Crippen molar-refractivity contribution in [3.8, 4) is 0 Å². The minimum atomic E-state index is -0.607. The van der Waals surface area contributed by atoms with E-state index in [9.17, 15) is 9.59 Å². The number of nitrogens with two attached hydrogens (primary N) is 1. The zero-order valence-electron chi connectivity index (χ0n) is 11.3. The maximum absolute atomic E-state index is 11.6. The molecule has 2 heterocycles. The van der Waals surface area contributed by atoms with E-state index in [1.54, 1.807) is 18.0 Å². The molecule has 20 heavy (non-hydrogen) atoms. The molecule has 0 aliphatic carbocycles. The van der Waals surface area contributed by atoms with Crippen LogP contribution in [0.4, 0.5) is 10.6 Å². The molecular formula is C12H17N5O3. The summed E-state index contributed by atoms with van der Waals surface area (Å²) in [6, 6.07) is 0. The smallest absolute Gasteiger partial charge is 0.409 e. The molecule has 0 atom stereocenters. The van der Waals surface area contributed by atoms with Crippen LogP contribution in [0.3, 0.4) is 0 Å². The van der Waals surface area contributed by atoms with E-state index in [1.165, 1.54) is 6.20 Å². The number of piperazine rings is 1. The van der Waals surface area contributed by atoms with Crippen molar-refractivity contribution in [1.82, 2.24) is 14.9 Å². The molecule has 0 saturated carbocycles. The lowest BCUT2D eigenvalue weighted by atomic mass is 10.3. The minimum absolute atomic E-state index is 0.135. The zero-order valence-corrected chi connectivity index (χ0v) is 11.3. The van der Waals surface area contributed by atoms with Crippen LogP contribution in [0.25, 0.3) is 0 Å². The molecule has 2 N–H and O–H groups in total. The number of hydrogen-bond acceptors (Lipinski definition) is 6. The summed E-state index contributed by atoms with van der Waals surface area (Å²) in [6.07, 6.45) is 2.61. The third kappa shape index (κ3) is 3.14. The lowest BCUT2D eigenvalue weighted by Crippen LogP contribution is -2.49. The van der Waals surface area contributed by atoms with Gasteiger partial charge in [0.25, 0.3) is 5.91 Å². The molecule has 2 amide bonds. The normalized spacial score (nSPS) is 15.1. The number of rotatable bonds is 3. The molecule has 1 aromatic heterocycles. The van der Waals surface area contributed by atoms with Crippen LogP contribution in [0.1, 0.15) is 17.4 Å². The third-order valence-electron chi connectivity index (χ3n) is 3.00. The van der Waals surface area contributed by atoms with Crippen LogP contribution in [0, 0.1) is 0 Å². The number of aromatic nitrogens is 2. The monoisotopic (exact) mass is 279 g/mol. The number of ether oxygens (including phenoxy) is 1. The van der Waals surface area contributed by atoms with Crippen LogP contribution < -0.4 is 10.6 Å². The molecule has 1 aliphatic heterocycles. The van der Waals surface area contributed by atoms with Crippen molar-refractivity contribution in [3.05, 3.63) is 18.1 Å². The van der Waals surface area contributed by atoms with E-state index in [2.05, 4.69) is 9.97 Å². The van der Waals surface area contributed by atoms with Gasteiger partial charge in [-0.2, -0.15) is 0 Å². The van der Waals surface area contributed by atoms with Gasteiger partial charge in [-0.1, -0.05) is 0 Å². The second-order valence-electron chi connectivity index (χ2n) is 4.30. The Morgan fingerprint density at radius 3 is 2.60 bits per heavy atom. The van der Waals surface area contributed by atoms with E-state index in [4.69, 9.17) is 10.5 Å². The summed E-state index contributed by atoms with van der Waals surface area (Å²) in [5.41, 5.74) is 5.31. The molecular weight excluding hydrogens is 262 g/mol. The molecule has 8 heteroatoms. The van der Waals surface area contributed by atoms with Gasteiger partial charge in [0.15, 0.2) is 0 Å². The molecule has 1 aromatic rings. The highest BCUT2D eigenvalue weighted by atomic mass is 16.6. The standard InChI is InChI=1S/C12H17N5O3/c1-2-20-12(19)17-5-3-16(4-6-17)10-8-14-7-9(15-10)11(13)18/h7-8H,2-6H2,1H3,(H2,13,18). The van der Waals surface area contributed by atoms with Crippen molar-refractivity contribution in [2.45, 2.75) is 6.92 Å². The number of carbonyl (C=O) groups excluding carboxylic acids is 2. The van der Waals surface area contributed by atoms with Crippen LogP contribution in [0.15, 0.2) is 12.4 Å². The van der Waals surface area contributed by atoms with Crippen LogP contribution in [0.5, 0.6) is 0 Å². The second-order valence-corrected chi connectivity index (χ2v) is 4.30. The topological polar surface area (TPSA) is 102 Å². The Kier molecular flexibility index (Phi) is 4.34. The molecule has 0 unspecified atom stereocenters. The predicted octanol–water partition coefficient (Wildman–Crippen LogP) is -0.146. The van der Waals surface area contributed by atoms with Crippen LogP contribution in [0.2, 0.25) is 0 Å². The fourth-order valence-electron chi connectivity index (χ4n) is 1.96. The number of primary amides is 1. The molecule has 2 rings (SSSR count). The van der Waals surface area contributed by atoms with E-state index in [0.29, 0.717) is 38.6 Å². The number of carbonyl (C=O) groups is 2. The number of nitrogens with zero attached hydrogens (tertiary/aromatic N) is 4. The minimum Gasteiger partial charge on any atom is -0.450 e. The summed E-state index contributed by atoms with van der Waals surface area (Å²) in [7, 11) is 0. The Morgan fingerprint density at radius 1 is 1.30 bits per heavy atom. The van der Waals surface area contributed by atoms with Crippen molar-refractivity contribution >= 4 is 17.8 Å². The molecule has 0 aromatic carbocycles. The molecule has 0 bridgehead atoms. The van der Waals surface area contributed by atoms with Gasteiger partial charge < -0.3 is 20.3 Å². The van der Waals surface area contributed by atoms with Gasteiger partial charge >= 0.3 is 6.09 Å². The Labute approximate surface area is 116 Å². The highest BCUT2D eigenvalue weighted by Gasteiger charge is 2.23. The van der Waals surface area contributed by atoms with Crippen molar-refractivity contribution in [1.29, 1.82) is 0 Å². The highest BCUT2D eigenvalue weighted by molar-refractivity contribution is 5.90. The van der Waals surface area contributed by atoms with E-state index in [-0.39, 0.29) is 11.8 Å².